The number of anilines is 1. The van der Waals surface area contributed by atoms with Crippen LogP contribution in [0.2, 0.25) is 0 Å². The van der Waals surface area contributed by atoms with E-state index in [4.69, 9.17) is 10.6 Å². The van der Waals surface area contributed by atoms with Gasteiger partial charge in [0.25, 0.3) is 17.7 Å². The number of aromatic nitrogens is 2. The van der Waals surface area contributed by atoms with Crippen LogP contribution >= 0.6 is 23.1 Å². The summed E-state index contributed by atoms with van der Waals surface area (Å²) in [5.41, 5.74) is 3.46. The quantitative estimate of drug-likeness (QED) is 0.0331. The molecule has 0 unspecified atom stereocenters. The summed E-state index contributed by atoms with van der Waals surface area (Å²) < 4.78 is 2.02. The second-order valence-corrected chi connectivity index (χ2v) is 17.5. The first-order valence-corrected chi connectivity index (χ1v) is 19.8. The summed E-state index contributed by atoms with van der Waals surface area (Å²) in [6.45, 7) is 6.50. The number of thiazole rings is 1. The number of phenolic OH excluding ortho intramolecular Hbond substituents is 2. The van der Waals surface area contributed by atoms with Gasteiger partial charge in [-0.15, -0.1) is 23.1 Å². The number of nitrogens with one attached hydrogen (secondary N) is 1. The number of quaternary nitrogens is 1. The van der Waals surface area contributed by atoms with Crippen molar-refractivity contribution < 1.29 is 83.3 Å². The van der Waals surface area contributed by atoms with E-state index >= 15 is 0 Å². The van der Waals surface area contributed by atoms with E-state index in [0.29, 0.717) is 61.1 Å². The molecule has 3 aromatic rings. The molecule has 8 rings (SSSR count). The fourth-order valence-electron chi connectivity index (χ4n) is 7.88. The first kappa shape index (κ1) is 42.9. The minimum absolute atomic E-state index is 0. The number of phenols is 2. The Morgan fingerprint density at radius 1 is 1.14 bits per heavy atom. The van der Waals surface area contributed by atoms with Crippen molar-refractivity contribution in [2.75, 3.05) is 38.5 Å². The summed E-state index contributed by atoms with van der Waals surface area (Å²) in [6, 6.07) is 1.09. The third-order valence-corrected chi connectivity index (χ3v) is 13.3. The number of β-lactam (4-membered cyclic amide) rings is 1. The van der Waals surface area contributed by atoms with Crippen molar-refractivity contribution in [1.82, 2.24) is 24.7 Å². The van der Waals surface area contributed by atoms with Gasteiger partial charge in [0.15, 0.2) is 27.9 Å². The number of amides is 3. The van der Waals surface area contributed by atoms with Crippen molar-refractivity contribution in [2.24, 2.45) is 12.2 Å². The summed E-state index contributed by atoms with van der Waals surface area (Å²) in [6.07, 6.45) is 2.63. The van der Waals surface area contributed by atoms with Gasteiger partial charge in [-0.1, -0.05) is 5.16 Å². The summed E-state index contributed by atoms with van der Waals surface area (Å²) in [5, 5.41) is 48.8. The third kappa shape index (κ3) is 7.54. The summed E-state index contributed by atoms with van der Waals surface area (Å²) in [7, 11) is 1.64. The van der Waals surface area contributed by atoms with Gasteiger partial charge in [-0.2, -0.15) is 0 Å². The fourth-order valence-corrected chi connectivity index (χ4v) is 9.87. The van der Waals surface area contributed by atoms with E-state index in [-0.39, 0.29) is 68.8 Å². The second kappa shape index (κ2) is 15.8. The second-order valence-electron chi connectivity index (χ2n) is 15.1. The van der Waals surface area contributed by atoms with Crippen molar-refractivity contribution in [3.8, 4) is 11.5 Å². The molecule has 19 nitrogen and oxygen atoms in total. The number of benzene rings is 1. The number of nitrogen functional groups attached to an aromatic ring is 1. The molecule has 2 aromatic heterocycles. The first-order valence-electron chi connectivity index (χ1n) is 18.0. The number of aliphatic carboxylic acids is 2. The van der Waals surface area contributed by atoms with Crippen LogP contribution in [0.1, 0.15) is 49.7 Å². The number of thioether (sulfide) groups is 1. The van der Waals surface area contributed by atoms with Crippen LogP contribution in [0.3, 0.4) is 0 Å². The van der Waals surface area contributed by atoms with Gasteiger partial charge in [0, 0.05) is 54.4 Å². The minimum Gasteiger partial charge on any atom is -0.546 e. The van der Waals surface area contributed by atoms with Crippen LogP contribution in [0.4, 0.5) is 5.13 Å². The maximum Gasteiger partial charge on any atom is 1.00 e. The number of rotatable bonds is 10. The average Bonchev–Trinajstić information content (AvgIpc) is 3.40. The van der Waals surface area contributed by atoms with Crippen LogP contribution < -0.4 is 51.1 Å². The number of pyridine rings is 1. The molecule has 6 N–H and O–H groups in total. The number of carboxylic acids is 2. The van der Waals surface area contributed by atoms with Crippen molar-refractivity contribution >= 4 is 74.5 Å². The Kier molecular flexibility index (Phi) is 11.7. The van der Waals surface area contributed by atoms with Crippen LogP contribution in [-0.4, -0.2) is 136 Å². The van der Waals surface area contributed by atoms with E-state index in [1.54, 1.807) is 16.5 Å². The van der Waals surface area contributed by atoms with Crippen molar-refractivity contribution in [3.05, 3.63) is 56.5 Å². The zero-order chi connectivity index (χ0) is 41.3. The number of carbonyl (C=O) groups is 5. The van der Waals surface area contributed by atoms with Crippen molar-refractivity contribution in [1.29, 1.82) is 0 Å². The van der Waals surface area contributed by atoms with E-state index in [1.165, 1.54) is 48.2 Å². The van der Waals surface area contributed by atoms with E-state index in [2.05, 4.69) is 15.5 Å². The van der Waals surface area contributed by atoms with Crippen LogP contribution in [0.25, 0.3) is 10.9 Å². The summed E-state index contributed by atoms with van der Waals surface area (Å²) >= 11 is 2.31. The molecule has 4 fully saturated rings. The number of nitrogens with zero attached hydrogens (tertiary/aromatic N) is 6. The van der Waals surface area contributed by atoms with Gasteiger partial charge in [0.1, 0.15) is 34.9 Å². The molecular weight excluding hydrogens is 808 g/mol. The SMILES string of the molecule is C[C@@H]1S[C@@H]2[C@H](NC(=O)/C(=N\OC(C)(C)C(=O)[O-])c3csc(N)n3)C(=O)N2C(C(=O)O)=C1C[N+]12CCC(CC1)N(C(=O)c1cn(C)c3cc(O)c(O)cc3c1=O)CC2.[Na+]. The number of oxime groups is 1. The monoisotopic (exact) mass is 847 g/mol. The molecule has 302 valence electrons. The number of hydrogen-bond donors (Lipinski definition) is 5. The van der Waals surface area contributed by atoms with Gasteiger partial charge in [0.05, 0.1) is 43.1 Å². The fraction of sp³-hybridized carbons (Fsp3) is 0.444. The maximum atomic E-state index is 14.0. The van der Waals surface area contributed by atoms with E-state index < -0.39 is 68.8 Å². The molecule has 1 aromatic carbocycles. The zero-order valence-electron chi connectivity index (χ0n) is 32.3. The molecule has 22 heteroatoms. The average molecular weight is 848 g/mol. The van der Waals surface area contributed by atoms with Gasteiger partial charge in [-0.25, -0.2) is 9.78 Å². The van der Waals surface area contributed by atoms with Crippen LogP contribution in [0, 0.1) is 0 Å². The molecule has 0 saturated carbocycles. The van der Waals surface area contributed by atoms with Gasteiger partial charge >= 0.3 is 35.5 Å². The summed E-state index contributed by atoms with van der Waals surface area (Å²) in [4.78, 5) is 91.3. The first-order chi connectivity index (χ1) is 26.8. The number of hydrogen-bond acceptors (Lipinski definition) is 15. The molecular formula is C36H40N8NaO11S2+. The predicted octanol–water partition coefficient (Wildman–Crippen LogP) is -3.50. The maximum absolute atomic E-state index is 14.0. The Morgan fingerprint density at radius 2 is 1.81 bits per heavy atom. The van der Waals surface area contributed by atoms with E-state index in [1.807, 2.05) is 6.92 Å². The molecule has 3 amide bonds. The zero-order valence-corrected chi connectivity index (χ0v) is 35.9. The molecule has 5 aliphatic rings. The van der Waals surface area contributed by atoms with Crippen molar-refractivity contribution in [2.45, 2.75) is 61.9 Å². The standard InChI is InChI=1S/C36H40N8O11S2.Na/c1-16-20(14-44-8-5-17(6-9-44)42(7-10-44)30(49)19-13-41(4)22-12-24(46)23(45)11-18(22)28(19)47)27(33(51)52)43-31(50)26(32(43)57-16)39-29(48)25(21-15-56-35(37)38-21)40-55-36(2,3)34(53)54;/h11-13,15-17,26,32H,5-10,14H2,1-4H3,(H6-,37,38,39,40,45,46,47,48,51,52,53,54);/q;+1/t16-,17?,26+,32+,44?;/m0./s1. The number of carboxylic acid groups (broad SMARTS) is 2. The molecule has 4 saturated heterocycles. The molecule has 7 heterocycles. The Bertz CT molecular complexity index is 2370. The molecule has 5 aliphatic heterocycles. The largest absolute Gasteiger partial charge is 1.00 e. The third-order valence-electron chi connectivity index (χ3n) is 11.2. The number of nitrogens with two attached hydrogens (primary N) is 1. The van der Waals surface area contributed by atoms with Crippen LogP contribution in [-0.2, 0) is 31.1 Å². The number of piperidine rings is 1. The predicted molar refractivity (Wildman–Crippen MR) is 204 cm³/mol. The normalized spacial score (nSPS) is 24.4. The van der Waals surface area contributed by atoms with Gasteiger partial charge < -0.3 is 55.1 Å². The van der Waals surface area contributed by atoms with Gasteiger partial charge in [0.2, 0.25) is 5.43 Å². The Morgan fingerprint density at radius 3 is 2.43 bits per heavy atom. The minimum atomic E-state index is -1.92. The van der Waals surface area contributed by atoms with Gasteiger partial charge in [-0.3, -0.25) is 24.1 Å². The van der Waals surface area contributed by atoms with E-state index in [0.717, 1.165) is 17.4 Å². The molecule has 58 heavy (non-hydrogen) atoms. The Hall–Kier alpha value is -4.67. The molecule has 0 radical (unpaired) electrons. The van der Waals surface area contributed by atoms with Gasteiger partial charge in [-0.05, 0) is 26.8 Å². The number of fused-ring (bicyclic) bond motifs is 6. The molecule has 2 bridgehead atoms. The van der Waals surface area contributed by atoms with Crippen LogP contribution in [0.15, 0.2) is 44.9 Å². The Balaban J connectivity index is 0.00000567. The topological polar surface area (TPSA) is 270 Å². The van der Waals surface area contributed by atoms with E-state index in [9.17, 15) is 49.2 Å². The summed E-state index contributed by atoms with van der Waals surface area (Å²) in [5.74, 6) is -5.80. The van der Waals surface area contributed by atoms with Crippen molar-refractivity contribution in [3.63, 3.8) is 0 Å². The molecule has 0 spiro atoms. The molecule has 3 atom stereocenters. The van der Waals surface area contributed by atoms with Crippen LogP contribution in [0.5, 0.6) is 11.5 Å². The molecule has 0 aliphatic carbocycles. The number of carbonyl (C=O) groups excluding carboxylic acids is 4. The number of aromatic hydroxyl groups is 2. The Labute approximate surface area is 361 Å². The number of aryl methyl sites for hydroxylation is 1. The smallest absolute Gasteiger partial charge is 0.546 e.